The van der Waals surface area contributed by atoms with Gasteiger partial charge in [-0.3, -0.25) is 4.79 Å². The number of benzene rings is 1. The van der Waals surface area contributed by atoms with Crippen LogP contribution in [0.2, 0.25) is 5.02 Å². The Hall–Kier alpha value is -2.64. The summed E-state index contributed by atoms with van der Waals surface area (Å²) in [4.78, 5) is 26.5. The van der Waals surface area contributed by atoms with Crippen molar-refractivity contribution in [1.29, 1.82) is 0 Å². The van der Waals surface area contributed by atoms with Crippen LogP contribution in [-0.4, -0.2) is 58.0 Å². The van der Waals surface area contributed by atoms with E-state index >= 15 is 0 Å². The SMILES string of the molecule is CNC(C)C(=O)N1CCC(Nc2ncc(Cl)c(-c3c[nH]c4ccccc34)n2)CC1. The minimum Gasteiger partial charge on any atom is -0.360 e. The van der Waals surface area contributed by atoms with Crippen molar-refractivity contribution in [2.75, 3.05) is 25.5 Å². The number of rotatable bonds is 5. The highest BCUT2D eigenvalue weighted by Gasteiger charge is 2.26. The van der Waals surface area contributed by atoms with Crippen LogP contribution in [0.5, 0.6) is 0 Å². The van der Waals surface area contributed by atoms with E-state index < -0.39 is 0 Å². The first-order valence-electron chi connectivity index (χ1n) is 9.88. The van der Waals surface area contributed by atoms with E-state index in [9.17, 15) is 4.79 Å². The number of fused-ring (bicyclic) bond motifs is 1. The van der Waals surface area contributed by atoms with Gasteiger partial charge in [0.2, 0.25) is 11.9 Å². The number of anilines is 1. The van der Waals surface area contributed by atoms with Crippen molar-refractivity contribution >= 4 is 34.4 Å². The van der Waals surface area contributed by atoms with Crippen LogP contribution in [0.3, 0.4) is 0 Å². The molecular formula is C21H25ClN6O. The van der Waals surface area contributed by atoms with Gasteiger partial charge >= 0.3 is 0 Å². The first-order valence-corrected chi connectivity index (χ1v) is 10.3. The molecule has 1 aliphatic rings. The topological polar surface area (TPSA) is 85.9 Å². The fourth-order valence-corrected chi connectivity index (χ4v) is 3.91. The van der Waals surface area contributed by atoms with Crippen molar-refractivity contribution in [1.82, 2.24) is 25.2 Å². The highest BCUT2D eigenvalue weighted by Crippen LogP contribution is 2.32. The monoisotopic (exact) mass is 412 g/mol. The van der Waals surface area contributed by atoms with Crippen LogP contribution in [0.15, 0.2) is 36.7 Å². The Morgan fingerprint density at radius 1 is 1.31 bits per heavy atom. The molecule has 7 nitrogen and oxygen atoms in total. The number of piperidine rings is 1. The molecule has 3 heterocycles. The molecule has 2 aromatic heterocycles. The van der Waals surface area contributed by atoms with E-state index in [1.165, 1.54) is 0 Å². The van der Waals surface area contributed by atoms with E-state index in [-0.39, 0.29) is 18.0 Å². The smallest absolute Gasteiger partial charge is 0.239 e. The fourth-order valence-electron chi connectivity index (χ4n) is 3.72. The number of aromatic amines is 1. The van der Waals surface area contributed by atoms with Crippen LogP contribution < -0.4 is 10.6 Å². The first kappa shape index (κ1) is 19.7. The summed E-state index contributed by atoms with van der Waals surface area (Å²) in [5, 5.41) is 8.01. The zero-order valence-electron chi connectivity index (χ0n) is 16.6. The molecular weight excluding hydrogens is 388 g/mol. The van der Waals surface area contributed by atoms with Gasteiger partial charge in [-0.2, -0.15) is 0 Å². The zero-order chi connectivity index (χ0) is 20.4. The number of carbonyl (C=O) groups excluding carboxylic acids is 1. The summed E-state index contributed by atoms with van der Waals surface area (Å²) in [5.41, 5.74) is 2.70. The standard InChI is InChI=1S/C21H25ClN6O/c1-13(23-2)20(29)28-9-7-14(8-10-28)26-21-25-12-17(22)19(27-21)16-11-24-18-6-4-3-5-15(16)18/h3-6,11-14,23-24H,7-10H2,1-2H3,(H,25,26,27). The Labute approximate surface area is 174 Å². The van der Waals surface area contributed by atoms with Crippen LogP contribution in [-0.2, 0) is 4.79 Å². The third-order valence-electron chi connectivity index (χ3n) is 5.53. The molecule has 0 bridgehead atoms. The third kappa shape index (κ3) is 4.06. The number of likely N-dealkylation sites (tertiary alicyclic amines) is 1. The lowest BCUT2D eigenvalue weighted by atomic mass is 10.0. The minimum absolute atomic E-state index is 0.148. The van der Waals surface area contributed by atoms with E-state index in [0.29, 0.717) is 16.7 Å². The van der Waals surface area contributed by atoms with Gasteiger partial charge in [0.05, 0.1) is 23.0 Å². The minimum atomic E-state index is -0.155. The van der Waals surface area contributed by atoms with Gasteiger partial charge < -0.3 is 20.5 Å². The maximum atomic E-state index is 12.3. The van der Waals surface area contributed by atoms with Crippen molar-refractivity contribution in [2.24, 2.45) is 0 Å². The van der Waals surface area contributed by atoms with Gasteiger partial charge in [-0.05, 0) is 32.9 Å². The van der Waals surface area contributed by atoms with Crippen molar-refractivity contribution in [2.45, 2.75) is 31.8 Å². The molecule has 0 radical (unpaired) electrons. The van der Waals surface area contributed by atoms with Crippen LogP contribution in [0.4, 0.5) is 5.95 Å². The summed E-state index contributed by atoms with van der Waals surface area (Å²) in [7, 11) is 1.81. The van der Waals surface area contributed by atoms with Crippen molar-refractivity contribution < 1.29 is 4.79 Å². The van der Waals surface area contributed by atoms with Gasteiger partial charge in [0.25, 0.3) is 0 Å². The molecule has 0 aliphatic carbocycles. The predicted octanol–water partition coefficient (Wildman–Crippen LogP) is 3.29. The largest absolute Gasteiger partial charge is 0.360 e. The first-order chi connectivity index (χ1) is 14.1. The van der Waals surface area contributed by atoms with Gasteiger partial charge in [0, 0.05) is 41.8 Å². The Bertz CT molecular complexity index is 1010. The molecule has 29 heavy (non-hydrogen) atoms. The molecule has 3 aromatic rings. The summed E-state index contributed by atoms with van der Waals surface area (Å²) in [5.74, 6) is 0.707. The number of carbonyl (C=O) groups is 1. The second-order valence-electron chi connectivity index (χ2n) is 7.39. The summed E-state index contributed by atoms with van der Waals surface area (Å²) in [6.07, 6.45) is 5.28. The van der Waals surface area contributed by atoms with E-state index in [2.05, 4.69) is 25.6 Å². The molecule has 152 valence electrons. The number of aromatic nitrogens is 3. The predicted molar refractivity (Wildman–Crippen MR) is 116 cm³/mol. The quantitative estimate of drug-likeness (QED) is 0.598. The molecule has 4 rings (SSSR count). The van der Waals surface area contributed by atoms with Gasteiger partial charge in [-0.15, -0.1) is 0 Å². The molecule has 3 N–H and O–H groups in total. The van der Waals surface area contributed by atoms with E-state index in [1.54, 1.807) is 13.2 Å². The second kappa shape index (κ2) is 8.39. The number of hydrogen-bond acceptors (Lipinski definition) is 5. The lowest BCUT2D eigenvalue weighted by Gasteiger charge is -2.33. The Morgan fingerprint density at radius 2 is 2.07 bits per heavy atom. The van der Waals surface area contributed by atoms with Crippen molar-refractivity contribution in [3.63, 3.8) is 0 Å². The highest BCUT2D eigenvalue weighted by atomic mass is 35.5. The zero-order valence-corrected chi connectivity index (χ0v) is 17.3. The molecule has 8 heteroatoms. The Kier molecular flexibility index (Phi) is 5.69. The Morgan fingerprint density at radius 3 is 2.83 bits per heavy atom. The lowest BCUT2D eigenvalue weighted by Crippen LogP contribution is -2.48. The number of para-hydroxylation sites is 1. The number of amides is 1. The van der Waals surface area contributed by atoms with Gasteiger partial charge in [0.15, 0.2) is 0 Å². The normalized spacial score (nSPS) is 16.2. The summed E-state index contributed by atoms with van der Waals surface area (Å²) < 4.78 is 0. The summed E-state index contributed by atoms with van der Waals surface area (Å²) >= 11 is 6.41. The maximum absolute atomic E-state index is 12.3. The molecule has 1 aromatic carbocycles. The average molecular weight is 413 g/mol. The van der Waals surface area contributed by atoms with E-state index in [0.717, 1.165) is 42.4 Å². The molecule has 1 unspecified atom stereocenters. The molecule has 1 saturated heterocycles. The van der Waals surface area contributed by atoms with Crippen molar-refractivity contribution in [3.05, 3.63) is 41.7 Å². The number of halogens is 1. The van der Waals surface area contributed by atoms with Crippen LogP contribution in [0.25, 0.3) is 22.2 Å². The average Bonchev–Trinajstić information content (AvgIpc) is 3.18. The van der Waals surface area contributed by atoms with E-state index in [1.807, 2.05) is 42.3 Å². The van der Waals surface area contributed by atoms with Crippen molar-refractivity contribution in [3.8, 4) is 11.3 Å². The number of hydrogen-bond donors (Lipinski definition) is 3. The van der Waals surface area contributed by atoms with Crippen LogP contribution in [0.1, 0.15) is 19.8 Å². The Balaban J connectivity index is 1.47. The number of H-pyrrole nitrogens is 1. The fraction of sp³-hybridized carbons (Fsp3) is 0.381. The van der Waals surface area contributed by atoms with E-state index in [4.69, 9.17) is 11.6 Å². The molecule has 1 aliphatic heterocycles. The third-order valence-corrected chi connectivity index (χ3v) is 5.81. The van der Waals surface area contributed by atoms with Gasteiger partial charge in [0.1, 0.15) is 0 Å². The van der Waals surface area contributed by atoms with Gasteiger partial charge in [-0.25, -0.2) is 9.97 Å². The number of nitrogens with one attached hydrogen (secondary N) is 3. The molecule has 1 atom stereocenters. The lowest BCUT2D eigenvalue weighted by molar-refractivity contribution is -0.133. The second-order valence-corrected chi connectivity index (χ2v) is 7.80. The van der Waals surface area contributed by atoms with Crippen LogP contribution in [0, 0.1) is 0 Å². The summed E-state index contributed by atoms with van der Waals surface area (Å²) in [6.45, 7) is 3.34. The molecule has 0 spiro atoms. The highest BCUT2D eigenvalue weighted by molar-refractivity contribution is 6.33. The molecule has 1 amide bonds. The summed E-state index contributed by atoms with van der Waals surface area (Å²) in [6, 6.07) is 8.13. The maximum Gasteiger partial charge on any atom is 0.239 e. The molecule has 0 saturated carbocycles. The van der Waals surface area contributed by atoms with Crippen LogP contribution >= 0.6 is 11.6 Å². The number of likely N-dealkylation sites (N-methyl/N-ethyl adjacent to an activating group) is 1. The number of nitrogens with zero attached hydrogens (tertiary/aromatic N) is 3. The van der Waals surface area contributed by atoms with Gasteiger partial charge in [-0.1, -0.05) is 29.8 Å². The molecule has 1 fully saturated rings.